The smallest absolute Gasteiger partial charge is 0.179 e. The first-order valence-corrected chi connectivity index (χ1v) is 9.05. The van der Waals surface area contributed by atoms with Gasteiger partial charge < -0.3 is 0 Å². The topological polar surface area (TPSA) is 47.0 Å². The van der Waals surface area contributed by atoms with Crippen molar-refractivity contribution in [2.75, 3.05) is 5.75 Å². The van der Waals surface area contributed by atoms with Gasteiger partial charge in [-0.15, -0.1) is 0 Å². The van der Waals surface area contributed by atoms with Crippen LogP contribution in [0.2, 0.25) is 0 Å². The summed E-state index contributed by atoms with van der Waals surface area (Å²) in [5, 5.41) is 0.878. The molecule has 3 nitrogen and oxygen atoms in total. The van der Waals surface area contributed by atoms with E-state index < -0.39 is 9.84 Å². The molecule has 1 aromatic carbocycles. The van der Waals surface area contributed by atoms with Crippen molar-refractivity contribution in [3.63, 3.8) is 0 Å². The number of pyridine rings is 1. The van der Waals surface area contributed by atoms with Crippen molar-refractivity contribution in [2.24, 2.45) is 0 Å². The quantitative estimate of drug-likeness (QED) is 0.577. The van der Waals surface area contributed by atoms with Crippen LogP contribution in [-0.4, -0.2) is 19.2 Å². The average Bonchev–Trinajstić information content (AvgIpc) is 2.39. The fraction of sp³-hybridized carbons (Fsp3) is 0.357. The van der Waals surface area contributed by atoms with Gasteiger partial charge in [0, 0.05) is 15.2 Å². The molecule has 0 aliphatic rings. The molecule has 1 heterocycles. The number of sulfone groups is 1. The minimum Gasteiger partial charge on any atom is -0.254 e. The Morgan fingerprint density at radius 3 is 2.79 bits per heavy atom. The van der Waals surface area contributed by atoms with Gasteiger partial charge >= 0.3 is 0 Å². The van der Waals surface area contributed by atoms with Crippen molar-refractivity contribution in [1.29, 1.82) is 0 Å². The van der Waals surface area contributed by atoms with Gasteiger partial charge in [-0.3, -0.25) is 4.98 Å². The van der Waals surface area contributed by atoms with Crippen molar-refractivity contribution in [3.8, 4) is 0 Å². The summed E-state index contributed by atoms with van der Waals surface area (Å²) in [7, 11) is -3.20. The SMILES string of the molecule is CCCCCS(=O)(=O)c1cnc2c(I)cccc2c1. The maximum absolute atomic E-state index is 12.2. The second-order valence-electron chi connectivity index (χ2n) is 4.51. The van der Waals surface area contributed by atoms with Crippen LogP contribution < -0.4 is 0 Å². The summed E-state index contributed by atoms with van der Waals surface area (Å²) in [6.45, 7) is 2.06. The van der Waals surface area contributed by atoms with Crippen molar-refractivity contribution in [1.82, 2.24) is 4.98 Å². The minimum absolute atomic E-state index is 0.206. The molecule has 0 fully saturated rings. The highest BCUT2D eigenvalue weighted by molar-refractivity contribution is 14.1. The number of aromatic nitrogens is 1. The first-order chi connectivity index (χ1) is 9.04. The Balaban J connectivity index is 2.35. The molecule has 0 spiro atoms. The van der Waals surface area contributed by atoms with Crippen molar-refractivity contribution >= 4 is 43.3 Å². The maximum atomic E-state index is 12.2. The van der Waals surface area contributed by atoms with Gasteiger partial charge in [-0.2, -0.15) is 0 Å². The van der Waals surface area contributed by atoms with Crippen LogP contribution in [0, 0.1) is 3.57 Å². The number of fused-ring (bicyclic) bond motifs is 1. The van der Waals surface area contributed by atoms with Gasteiger partial charge in [0.25, 0.3) is 0 Å². The molecule has 5 heteroatoms. The van der Waals surface area contributed by atoms with Crippen molar-refractivity contribution in [2.45, 2.75) is 31.1 Å². The number of hydrogen-bond donors (Lipinski definition) is 0. The summed E-state index contributed by atoms with van der Waals surface area (Å²) in [6, 6.07) is 7.51. The van der Waals surface area contributed by atoms with Crippen molar-refractivity contribution in [3.05, 3.63) is 34.0 Å². The number of rotatable bonds is 5. The number of unbranched alkanes of at least 4 members (excludes halogenated alkanes) is 2. The zero-order valence-corrected chi connectivity index (χ0v) is 13.7. The molecule has 0 amide bonds. The van der Waals surface area contributed by atoms with Gasteiger partial charge in [-0.05, 0) is 41.1 Å². The highest BCUT2D eigenvalue weighted by Crippen LogP contribution is 2.22. The van der Waals surface area contributed by atoms with E-state index in [1.54, 1.807) is 6.07 Å². The zero-order chi connectivity index (χ0) is 13.9. The highest BCUT2D eigenvalue weighted by Gasteiger charge is 2.15. The standard InChI is InChI=1S/C14H16INO2S/c1-2-3-4-8-19(17,18)12-9-11-6-5-7-13(15)14(11)16-10-12/h5-7,9-10H,2-4,8H2,1H3. The molecule has 0 saturated heterocycles. The predicted octanol–water partition coefficient (Wildman–Crippen LogP) is 3.80. The van der Waals surface area contributed by atoms with Gasteiger partial charge in [0.05, 0.1) is 16.2 Å². The van der Waals surface area contributed by atoms with Crippen LogP contribution >= 0.6 is 22.6 Å². The van der Waals surface area contributed by atoms with Crippen LogP contribution in [0.3, 0.4) is 0 Å². The first-order valence-electron chi connectivity index (χ1n) is 6.31. The first kappa shape index (κ1) is 14.7. The minimum atomic E-state index is -3.20. The fourth-order valence-corrected chi connectivity index (χ4v) is 3.93. The van der Waals surface area contributed by atoms with Crippen LogP contribution in [0.25, 0.3) is 10.9 Å². The molecule has 0 atom stereocenters. The molecule has 1 aromatic heterocycles. The molecule has 0 saturated carbocycles. The summed E-state index contributed by atoms with van der Waals surface area (Å²) >= 11 is 2.21. The lowest BCUT2D eigenvalue weighted by Gasteiger charge is -2.06. The Labute approximate surface area is 127 Å². The number of halogens is 1. The summed E-state index contributed by atoms with van der Waals surface area (Å²) in [5.74, 6) is 0.206. The predicted molar refractivity (Wildman–Crippen MR) is 86.0 cm³/mol. The van der Waals surface area contributed by atoms with E-state index in [2.05, 4.69) is 34.5 Å². The molecular formula is C14H16INO2S. The van der Waals surface area contributed by atoms with E-state index in [0.717, 1.165) is 27.3 Å². The molecule has 0 aliphatic heterocycles. The van der Waals surface area contributed by atoms with Gasteiger partial charge in [0.2, 0.25) is 0 Å². The van der Waals surface area contributed by atoms with Gasteiger partial charge in [-0.25, -0.2) is 8.42 Å². The fourth-order valence-electron chi connectivity index (χ4n) is 1.93. The van der Waals surface area contributed by atoms with Gasteiger partial charge in [0.15, 0.2) is 9.84 Å². The normalized spacial score (nSPS) is 11.9. The third-order valence-electron chi connectivity index (χ3n) is 3.01. The maximum Gasteiger partial charge on any atom is 0.179 e. The van der Waals surface area contributed by atoms with E-state index in [-0.39, 0.29) is 5.75 Å². The van der Waals surface area contributed by atoms with Gasteiger partial charge in [0.1, 0.15) is 0 Å². The van der Waals surface area contributed by atoms with Crippen LogP contribution in [-0.2, 0) is 9.84 Å². The molecule has 19 heavy (non-hydrogen) atoms. The molecule has 0 radical (unpaired) electrons. The highest BCUT2D eigenvalue weighted by atomic mass is 127. The van der Waals surface area contributed by atoms with E-state index in [9.17, 15) is 8.42 Å². The summed E-state index contributed by atoms with van der Waals surface area (Å²) in [4.78, 5) is 4.62. The third kappa shape index (κ3) is 3.45. The van der Waals surface area contributed by atoms with E-state index in [1.807, 2.05) is 18.2 Å². The van der Waals surface area contributed by atoms with E-state index >= 15 is 0 Å². The lowest BCUT2D eigenvalue weighted by Crippen LogP contribution is -2.07. The van der Waals surface area contributed by atoms with E-state index in [1.165, 1.54) is 6.20 Å². The van der Waals surface area contributed by atoms with Crippen LogP contribution in [0.4, 0.5) is 0 Å². The molecule has 102 valence electrons. The Kier molecular flexibility index (Phi) is 4.78. The van der Waals surface area contributed by atoms with Crippen LogP contribution in [0.15, 0.2) is 35.4 Å². The number of hydrogen-bond acceptors (Lipinski definition) is 3. The Hall–Kier alpha value is -0.690. The molecular weight excluding hydrogens is 373 g/mol. The summed E-state index contributed by atoms with van der Waals surface area (Å²) in [6.07, 6.45) is 4.15. The number of para-hydroxylation sites is 1. The Morgan fingerprint density at radius 2 is 2.05 bits per heavy atom. The molecule has 0 bridgehead atoms. The average molecular weight is 389 g/mol. The summed E-state index contributed by atoms with van der Waals surface area (Å²) in [5.41, 5.74) is 0.857. The van der Waals surface area contributed by atoms with E-state index in [0.29, 0.717) is 11.3 Å². The molecule has 0 unspecified atom stereocenters. The lowest BCUT2D eigenvalue weighted by molar-refractivity contribution is 0.590. The van der Waals surface area contributed by atoms with E-state index in [4.69, 9.17) is 0 Å². The largest absolute Gasteiger partial charge is 0.254 e. The third-order valence-corrected chi connectivity index (χ3v) is 5.65. The molecule has 0 aliphatic carbocycles. The van der Waals surface area contributed by atoms with Crippen molar-refractivity contribution < 1.29 is 8.42 Å². The summed E-state index contributed by atoms with van der Waals surface area (Å²) < 4.78 is 25.4. The zero-order valence-electron chi connectivity index (χ0n) is 10.8. The molecule has 2 rings (SSSR count). The molecule has 2 aromatic rings. The second-order valence-corrected chi connectivity index (χ2v) is 7.78. The Morgan fingerprint density at radius 1 is 1.26 bits per heavy atom. The van der Waals surface area contributed by atoms with Crippen LogP contribution in [0.1, 0.15) is 26.2 Å². The monoisotopic (exact) mass is 389 g/mol. The van der Waals surface area contributed by atoms with Gasteiger partial charge in [-0.1, -0.05) is 31.9 Å². The second kappa shape index (κ2) is 6.17. The number of benzene rings is 1. The van der Waals surface area contributed by atoms with Crippen LogP contribution in [0.5, 0.6) is 0 Å². The number of nitrogens with zero attached hydrogens (tertiary/aromatic N) is 1. The lowest BCUT2D eigenvalue weighted by atomic mass is 10.2. The Bertz CT molecular complexity index is 683. The molecule has 0 N–H and O–H groups in total.